The fraction of sp³-hybridized carbons (Fsp3) is 0.0833. The summed E-state index contributed by atoms with van der Waals surface area (Å²) in [7, 11) is 0. The van der Waals surface area contributed by atoms with E-state index in [2.05, 4.69) is 15.3 Å². The van der Waals surface area contributed by atoms with Crippen molar-refractivity contribution in [1.82, 2.24) is 9.97 Å². The zero-order valence-electron chi connectivity index (χ0n) is 8.93. The van der Waals surface area contributed by atoms with Crippen molar-refractivity contribution in [3.63, 3.8) is 0 Å². The van der Waals surface area contributed by atoms with Crippen LogP contribution < -0.4 is 5.32 Å². The summed E-state index contributed by atoms with van der Waals surface area (Å²) in [5.74, 6) is 0.147. The van der Waals surface area contributed by atoms with E-state index in [-0.39, 0.29) is 11.5 Å². The molecule has 0 bridgehead atoms. The molecule has 0 saturated carbocycles. The summed E-state index contributed by atoms with van der Waals surface area (Å²) in [4.78, 5) is 18.6. The molecule has 0 fully saturated rings. The van der Waals surface area contributed by atoms with Crippen LogP contribution in [-0.2, 0) is 6.54 Å². The number of aromatic nitrogens is 2. The van der Waals surface area contributed by atoms with Crippen molar-refractivity contribution in [3.8, 4) is 0 Å². The lowest BCUT2D eigenvalue weighted by Gasteiger charge is -2.06. The zero-order chi connectivity index (χ0) is 12.1. The highest BCUT2D eigenvalue weighted by atomic mass is 19.1. The molecule has 5 heteroatoms. The van der Waals surface area contributed by atoms with Crippen molar-refractivity contribution in [2.24, 2.45) is 0 Å². The number of carbonyl (C=O) groups excluding carboxylic acids is 1. The van der Waals surface area contributed by atoms with Crippen LogP contribution in [0.15, 0.2) is 36.7 Å². The fourth-order valence-electron chi connectivity index (χ4n) is 1.36. The van der Waals surface area contributed by atoms with Crippen molar-refractivity contribution in [3.05, 3.63) is 53.7 Å². The average molecular weight is 231 g/mol. The molecule has 86 valence electrons. The number of nitrogens with zero attached hydrogens (tertiary/aromatic N) is 2. The Labute approximate surface area is 97.5 Å². The van der Waals surface area contributed by atoms with Crippen LogP contribution in [0, 0.1) is 5.82 Å². The summed E-state index contributed by atoms with van der Waals surface area (Å²) >= 11 is 0. The van der Waals surface area contributed by atoms with Gasteiger partial charge in [-0.25, -0.2) is 14.4 Å². The molecule has 1 N–H and O–H groups in total. The Bertz CT molecular complexity index is 513. The lowest BCUT2D eigenvalue weighted by atomic mass is 10.2. The van der Waals surface area contributed by atoms with Gasteiger partial charge in [-0.05, 0) is 17.7 Å². The average Bonchev–Trinajstić information content (AvgIpc) is 2.38. The molecule has 1 aromatic carbocycles. The highest BCUT2D eigenvalue weighted by Crippen LogP contribution is 2.09. The number of benzene rings is 1. The molecule has 0 unspecified atom stereocenters. The maximum absolute atomic E-state index is 12.7. The Balaban J connectivity index is 2.07. The molecule has 0 radical (unpaired) electrons. The fourth-order valence-corrected chi connectivity index (χ4v) is 1.36. The van der Waals surface area contributed by atoms with Crippen LogP contribution in [0.1, 0.15) is 16.1 Å². The number of hydrogen-bond donors (Lipinski definition) is 1. The number of rotatable bonds is 4. The van der Waals surface area contributed by atoms with Gasteiger partial charge in [0.1, 0.15) is 11.5 Å². The first kappa shape index (κ1) is 11.2. The van der Waals surface area contributed by atoms with Crippen LogP contribution in [0.5, 0.6) is 0 Å². The van der Waals surface area contributed by atoms with E-state index < -0.39 is 0 Å². The summed E-state index contributed by atoms with van der Waals surface area (Å²) < 4.78 is 12.7. The maximum Gasteiger partial charge on any atom is 0.172 e. The molecule has 17 heavy (non-hydrogen) atoms. The summed E-state index contributed by atoms with van der Waals surface area (Å²) in [5.41, 5.74) is 1.16. The molecule has 1 aromatic heterocycles. The van der Waals surface area contributed by atoms with Gasteiger partial charge in [0.25, 0.3) is 0 Å². The Morgan fingerprint density at radius 2 is 1.88 bits per heavy atom. The SMILES string of the molecule is O=Cc1nccnc1NCc1ccc(F)cc1. The van der Waals surface area contributed by atoms with E-state index >= 15 is 0 Å². The number of carbonyl (C=O) groups is 1. The summed E-state index contributed by atoms with van der Waals surface area (Å²) in [5, 5.41) is 2.97. The van der Waals surface area contributed by atoms with E-state index in [4.69, 9.17) is 0 Å². The van der Waals surface area contributed by atoms with Crippen LogP contribution in [-0.4, -0.2) is 16.3 Å². The molecule has 0 aliphatic carbocycles. The summed E-state index contributed by atoms with van der Waals surface area (Å²) in [6.45, 7) is 0.458. The quantitative estimate of drug-likeness (QED) is 0.818. The van der Waals surface area contributed by atoms with Gasteiger partial charge in [0, 0.05) is 18.9 Å². The van der Waals surface area contributed by atoms with Crippen molar-refractivity contribution >= 4 is 12.1 Å². The molecule has 1 heterocycles. The molecule has 0 saturated heterocycles. The maximum atomic E-state index is 12.7. The van der Waals surface area contributed by atoms with Gasteiger partial charge in [-0.1, -0.05) is 12.1 Å². The molecule has 0 aliphatic rings. The van der Waals surface area contributed by atoms with Gasteiger partial charge in [-0.3, -0.25) is 4.79 Å². The predicted octanol–water partition coefficient (Wildman–Crippen LogP) is 2.04. The molecule has 0 aliphatic heterocycles. The Kier molecular flexibility index (Phi) is 3.40. The summed E-state index contributed by atoms with van der Waals surface area (Å²) in [6, 6.07) is 6.10. The molecule has 0 atom stereocenters. The smallest absolute Gasteiger partial charge is 0.172 e. The topological polar surface area (TPSA) is 54.9 Å². The van der Waals surface area contributed by atoms with Gasteiger partial charge in [-0.15, -0.1) is 0 Å². The van der Waals surface area contributed by atoms with Crippen LogP contribution in [0.25, 0.3) is 0 Å². The lowest BCUT2D eigenvalue weighted by molar-refractivity contribution is 0.111. The van der Waals surface area contributed by atoms with E-state index in [1.807, 2.05) is 0 Å². The number of aldehydes is 1. The van der Waals surface area contributed by atoms with E-state index in [0.29, 0.717) is 18.6 Å². The lowest BCUT2D eigenvalue weighted by Crippen LogP contribution is -2.05. The Hall–Kier alpha value is -2.30. The number of anilines is 1. The van der Waals surface area contributed by atoms with Crippen LogP contribution in [0.4, 0.5) is 10.2 Å². The third kappa shape index (κ3) is 2.84. The first-order chi connectivity index (χ1) is 8.29. The minimum Gasteiger partial charge on any atom is -0.364 e. The number of nitrogens with one attached hydrogen (secondary N) is 1. The van der Waals surface area contributed by atoms with Crippen LogP contribution >= 0.6 is 0 Å². The molecule has 0 amide bonds. The molecule has 2 rings (SSSR count). The van der Waals surface area contributed by atoms with Crippen molar-refractivity contribution < 1.29 is 9.18 Å². The van der Waals surface area contributed by atoms with E-state index in [1.54, 1.807) is 12.1 Å². The standard InChI is InChI=1S/C12H10FN3O/c13-10-3-1-9(2-4-10)7-16-12-11(8-17)14-5-6-15-12/h1-6,8H,7H2,(H,15,16). The van der Waals surface area contributed by atoms with Crippen molar-refractivity contribution in [2.45, 2.75) is 6.54 Å². The minimum absolute atomic E-state index is 0.259. The van der Waals surface area contributed by atoms with Gasteiger partial charge in [0.15, 0.2) is 12.1 Å². The molecular formula is C12H10FN3O. The third-order valence-corrected chi connectivity index (χ3v) is 2.21. The van der Waals surface area contributed by atoms with E-state index in [1.165, 1.54) is 24.5 Å². The predicted molar refractivity (Wildman–Crippen MR) is 61.1 cm³/mol. The van der Waals surface area contributed by atoms with Crippen LogP contribution in [0.2, 0.25) is 0 Å². The van der Waals surface area contributed by atoms with Gasteiger partial charge in [0.2, 0.25) is 0 Å². The first-order valence-electron chi connectivity index (χ1n) is 5.04. The normalized spacial score (nSPS) is 9.94. The molecular weight excluding hydrogens is 221 g/mol. The van der Waals surface area contributed by atoms with Gasteiger partial charge >= 0.3 is 0 Å². The second-order valence-corrected chi connectivity index (χ2v) is 3.39. The minimum atomic E-state index is -0.276. The van der Waals surface area contributed by atoms with Crippen molar-refractivity contribution in [1.29, 1.82) is 0 Å². The third-order valence-electron chi connectivity index (χ3n) is 2.21. The van der Waals surface area contributed by atoms with Crippen molar-refractivity contribution in [2.75, 3.05) is 5.32 Å². The first-order valence-corrected chi connectivity index (χ1v) is 5.04. The Morgan fingerprint density at radius 1 is 1.18 bits per heavy atom. The molecule has 0 spiro atoms. The zero-order valence-corrected chi connectivity index (χ0v) is 8.93. The van der Waals surface area contributed by atoms with E-state index in [0.717, 1.165) is 5.56 Å². The highest BCUT2D eigenvalue weighted by Gasteiger charge is 2.02. The largest absolute Gasteiger partial charge is 0.364 e. The number of hydrogen-bond acceptors (Lipinski definition) is 4. The highest BCUT2D eigenvalue weighted by molar-refractivity contribution is 5.79. The molecule has 4 nitrogen and oxygen atoms in total. The second-order valence-electron chi connectivity index (χ2n) is 3.39. The van der Waals surface area contributed by atoms with Gasteiger partial charge in [0.05, 0.1) is 0 Å². The molecule has 2 aromatic rings. The Morgan fingerprint density at radius 3 is 2.59 bits per heavy atom. The second kappa shape index (κ2) is 5.16. The number of halogens is 1. The monoisotopic (exact) mass is 231 g/mol. The van der Waals surface area contributed by atoms with Gasteiger partial charge in [-0.2, -0.15) is 0 Å². The summed E-state index contributed by atoms with van der Waals surface area (Å²) in [6.07, 6.45) is 3.59. The van der Waals surface area contributed by atoms with E-state index in [9.17, 15) is 9.18 Å². The van der Waals surface area contributed by atoms with Crippen LogP contribution in [0.3, 0.4) is 0 Å². The van der Waals surface area contributed by atoms with Gasteiger partial charge < -0.3 is 5.32 Å².